The summed E-state index contributed by atoms with van der Waals surface area (Å²) in [5.74, 6) is 0.207. The zero-order valence-electron chi connectivity index (χ0n) is 10.3. The van der Waals surface area contributed by atoms with E-state index in [0.29, 0.717) is 30.3 Å². The van der Waals surface area contributed by atoms with Crippen molar-refractivity contribution in [2.75, 3.05) is 24.1 Å². The average Bonchev–Trinajstić information content (AvgIpc) is 2.61. The summed E-state index contributed by atoms with van der Waals surface area (Å²) in [7, 11) is 0. The second kappa shape index (κ2) is 5.08. The monoisotopic (exact) mass is 247 g/mol. The van der Waals surface area contributed by atoms with Gasteiger partial charge in [0.2, 0.25) is 11.8 Å². The van der Waals surface area contributed by atoms with E-state index in [9.17, 15) is 9.59 Å². The first kappa shape index (κ1) is 12.4. The van der Waals surface area contributed by atoms with Gasteiger partial charge in [0.05, 0.1) is 6.54 Å². The predicted molar refractivity (Wildman–Crippen MR) is 69.8 cm³/mol. The maximum Gasteiger partial charge on any atom is 0.243 e. The third-order valence-electron chi connectivity index (χ3n) is 2.94. The Morgan fingerprint density at radius 2 is 2.11 bits per heavy atom. The molecule has 5 heteroatoms. The molecule has 96 valence electrons. The largest absolute Gasteiger partial charge is 0.399 e. The van der Waals surface area contributed by atoms with Crippen LogP contribution in [0.5, 0.6) is 0 Å². The van der Waals surface area contributed by atoms with Crippen LogP contribution >= 0.6 is 0 Å². The van der Waals surface area contributed by atoms with Crippen LogP contribution in [0.25, 0.3) is 0 Å². The van der Waals surface area contributed by atoms with Gasteiger partial charge in [-0.1, -0.05) is 6.92 Å². The van der Waals surface area contributed by atoms with Gasteiger partial charge in [-0.2, -0.15) is 0 Å². The van der Waals surface area contributed by atoms with Crippen LogP contribution in [-0.4, -0.2) is 29.8 Å². The van der Waals surface area contributed by atoms with Gasteiger partial charge >= 0.3 is 0 Å². The van der Waals surface area contributed by atoms with Crippen molar-refractivity contribution in [3.8, 4) is 0 Å². The molecular formula is C13H17N3O2. The van der Waals surface area contributed by atoms with Crippen LogP contribution in [0.2, 0.25) is 0 Å². The summed E-state index contributed by atoms with van der Waals surface area (Å²) in [6.07, 6.45) is 0.537. The number of rotatable bonds is 3. The fourth-order valence-corrected chi connectivity index (χ4v) is 2.06. The number of nitrogens with two attached hydrogens (primary N) is 1. The lowest BCUT2D eigenvalue weighted by atomic mass is 10.2. The molecule has 0 spiro atoms. The highest BCUT2D eigenvalue weighted by Crippen LogP contribution is 2.16. The molecule has 0 saturated carbocycles. The van der Waals surface area contributed by atoms with E-state index in [1.54, 1.807) is 29.2 Å². The Morgan fingerprint density at radius 3 is 2.67 bits per heavy atom. The van der Waals surface area contributed by atoms with E-state index in [2.05, 4.69) is 5.32 Å². The molecule has 1 aromatic rings. The van der Waals surface area contributed by atoms with Crippen LogP contribution in [-0.2, 0) is 9.59 Å². The van der Waals surface area contributed by atoms with Crippen molar-refractivity contribution in [1.29, 1.82) is 0 Å². The van der Waals surface area contributed by atoms with E-state index in [4.69, 9.17) is 5.73 Å². The molecule has 1 unspecified atom stereocenters. The highest BCUT2D eigenvalue weighted by Gasteiger charge is 2.27. The maximum atomic E-state index is 11.8. The Balaban J connectivity index is 1.89. The van der Waals surface area contributed by atoms with E-state index in [1.165, 1.54) is 0 Å². The van der Waals surface area contributed by atoms with Crippen LogP contribution in [0, 0.1) is 5.92 Å². The fraction of sp³-hybridized carbons (Fsp3) is 0.385. The number of benzene rings is 1. The first-order valence-corrected chi connectivity index (χ1v) is 5.98. The highest BCUT2D eigenvalue weighted by atomic mass is 16.2. The first-order valence-electron chi connectivity index (χ1n) is 5.98. The summed E-state index contributed by atoms with van der Waals surface area (Å²) >= 11 is 0. The van der Waals surface area contributed by atoms with Gasteiger partial charge < -0.3 is 16.0 Å². The lowest BCUT2D eigenvalue weighted by Gasteiger charge is -2.15. The molecule has 5 nitrogen and oxygen atoms in total. The molecule has 1 fully saturated rings. The van der Waals surface area contributed by atoms with Crippen molar-refractivity contribution in [3.63, 3.8) is 0 Å². The molecule has 1 atom stereocenters. The quantitative estimate of drug-likeness (QED) is 0.785. The van der Waals surface area contributed by atoms with Crippen molar-refractivity contribution >= 4 is 23.2 Å². The molecule has 3 N–H and O–H groups in total. The molecule has 1 saturated heterocycles. The minimum atomic E-state index is -0.178. The Kier molecular flexibility index (Phi) is 3.50. The van der Waals surface area contributed by atoms with Gasteiger partial charge in [0.1, 0.15) is 0 Å². The molecule has 2 rings (SSSR count). The van der Waals surface area contributed by atoms with Gasteiger partial charge in [-0.05, 0) is 30.2 Å². The smallest absolute Gasteiger partial charge is 0.243 e. The number of carbonyl (C=O) groups is 2. The van der Waals surface area contributed by atoms with Crippen molar-refractivity contribution in [1.82, 2.24) is 4.90 Å². The Hall–Kier alpha value is -2.04. The maximum absolute atomic E-state index is 11.8. The molecule has 2 amide bonds. The summed E-state index contributed by atoms with van der Waals surface area (Å²) in [6.45, 7) is 2.79. The minimum absolute atomic E-state index is 0.0509. The second-order valence-corrected chi connectivity index (χ2v) is 4.75. The zero-order valence-corrected chi connectivity index (χ0v) is 10.3. The summed E-state index contributed by atoms with van der Waals surface area (Å²) in [5.41, 5.74) is 6.90. The van der Waals surface area contributed by atoms with E-state index in [0.717, 1.165) is 0 Å². The molecule has 0 aliphatic carbocycles. The lowest BCUT2D eigenvalue weighted by Crippen LogP contribution is -2.34. The van der Waals surface area contributed by atoms with E-state index >= 15 is 0 Å². The van der Waals surface area contributed by atoms with Crippen molar-refractivity contribution in [2.24, 2.45) is 5.92 Å². The van der Waals surface area contributed by atoms with Crippen molar-refractivity contribution in [3.05, 3.63) is 24.3 Å². The molecule has 1 aromatic carbocycles. The molecule has 0 radical (unpaired) electrons. The zero-order chi connectivity index (χ0) is 13.1. The van der Waals surface area contributed by atoms with Gasteiger partial charge in [0, 0.05) is 24.3 Å². The summed E-state index contributed by atoms with van der Waals surface area (Å²) in [4.78, 5) is 24.9. The number of hydrogen-bond donors (Lipinski definition) is 2. The van der Waals surface area contributed by atoms with E-state index in [1.807, 2.05) is 6.92 Å². The highest BCUT2D eigenvalue weighted by molar-refractivity contribution is 5.95. The first-order chi connectivity index (χ1) is 8.54. The predicted octanol–water partition coefficient (Wildman–Crippen LogP) is 1.08. The van der Waals surface area contributed by atoms with E-state index < -0.39 is 0 Å². The molecular weight excluding hydrogens is 230 g/mol. The van der Waals surface area contributed by atoms with Crippen LogP contribution in [0.15, 0.2) is 24.3 Å². The fourth-order valence-electron chi connectivity index (χ4n) is 2.06. The number of nitrogens with zero attached hydrogens (tertiary/aromatic N) is 1. The number of hydrogen-bond acceptors (Lipinski definition) is 3. The Bertz CT molecular complexity index is 456. The van der Waals surface area contributed by atoms with Gasteiger partial charge in [0.15, 0.2) is 0 Å². The van der Waals surface area contributed by atoms with Crippen LogP contribution in [0.4, 0.5) is 11.4 Å². The van der Waals surface area contributed by atoms with Crippen LogP contribution < -0.4 is 11.1 Å². The molecule has 1 aliphatic rings. The van der Waals surface area contributed by atoms with Gasteiger partial charge in [-0.3, -0.25) is 9.59 Å². The SMILES string of the molecule is CC1CC(=O)N(CC(=O)Nc2ccc(N)cc2)C1. The number of amides is 2. The summed E-state index contributed by atoms with van der Waals surface area (Å²) < 4.78 is 0. The van der Waals surface area contributed by atoms with Crippen LogP contribution in [0.3, 0.4) is 0 Å². The topological polar surface area (TPSA) is 75.4 Å². The Labute approximate surface area is 106 Å². The number of likely N-dealkylation sites (tertiary alicyclic amines) is 1. The molecule has 0 aromatic heterocycles. The number of anilines is 2. The summed E-state index contributed by atoms with van der Waals surface area (Å²) in [5, 5.41) is 2.74. The molecule has 18 heavy (non-hydrogen) atoms. The second-order valence-electron chi connectivity index (χ2n) is 4.75. The van der Waals surface area contributed by atoms with Crippen molar-refractivity contribution in [2.45, 2.75) is 13.3 Å². The molecule has 1 heterocycles. The third kappa shape index (κ3) is 3.00. The van der Waals surface area contributed by atoms with Crippen LogP contribution in [0.1, 0.15) is 13.3 Å². The minimum Gasteiger partial charge on any atom is -0.399 e. The van der Waals surface area contributed by atoms with Crippen molar-refractivity contribution < 1.29 is 9.59 Å². The third-order valence-corrected chi connectivity index (χ3v) is 2.94. The number of carbonyl (C=O) groups excluding carboxylic acids is 2. The molecule has 1 aliphatic heterocycles. The Morgan fingerprint density at radius 1 is 1.44 bits per heavy atom. The summed E-state index contributed by atoms with van der Waals surface area (Å²) in [6, 6.07) is 6.92. The lowest BCUT2D eigenvalue weighted by molar-refractivity contribution is -0.131. The van der Waals surface area contributed by atoms with E-state index in [-0.39, 0.29) is 18.4 Å². The molecule has 0 bridgehead atoms. The number of nitrogens with one attached hydrogen (secondary N) is 1. The average molecular weight is 247 g/mol. The normalized spacial score (nSPS) is 19.1. The van der Waals surface area contributed by atoms with Gasteiger partial charge in [0.25, 0.3) is 0 Å². The standard InChI is InChI=1S/C13H17N3O2/c1-9-6-13(18)16(7-9)8-12(17)15-11-4-2-10(14)3-5-11/h2-5,9H,6-8,14H2,1H3,(H,15,17). The van der Waals surface area contributed by atoms with Gasteiger partial charge in [-0.25, -0.2) is 0 Å². The number of nitrogen functional groups attached to an aromatic ring is 1. The van der Waals surface area contributed by atoms with Gasteiger partial charge in [-0.15, -0.1) is 0 Å².